The Kier molecular flexibility index (Phi) is 4.29. The molecule has 6 nitrogen and oxygen atoms in total. The molecule has 0 amide bonds. The van der Waals surface area contributed by atoms with Crippen LogP contribution in [0.1, 0.15) is 5.69 Å². The van der Waals surface area contributed by atoms with Gasteiger partial charge in [-0.05, 0) is 31.2 Å². The molecule has 5 rings (SSSR count). The van der Waals surface area contributed by atoms with Crippen LogP contribution in [0.5, 0.6) is 11.5 Å². The van der Waals surface area contributed by atoms with E-state index in [0.29, 0.717) is 0 Å². The zero-order valence-electron chi connectivity index (χ0n) is 13.8. The number of aryl methyl sites for hydroxylation is 1. The molecule has 0 saturated carbocycles. The summed E-state index contributed by atoms with van der Waals surface area (Å²) in [6.07, 6.45) is 2.01. The molecule has 26 heavy (non-hydrogen) atoms. The van der Waals surface area contributed by atoms with Crippen LogP contribution in [-0.4, -0.2) is 21.2 Å². The molecule has 132 valence electrons. The quantitative estimate of drug-likeness (QED) is 0.504. The number of halogens is 1. The Morgan fingerprint density at radius 2 is 2.00 bits per heavy atom. The summed E-state index contributed by atoms with van der Waals surface area (Å²) in [7, 11) is 0. The van der Waals surface area contributed by atoms with Gasteiger partial charge in [0, 0.05) is 23.3 Å². The van der Waals surface area contributed by atoms with Gasteiger partial charge in [-0.15, -0.1) is 28.3 Å². The first kappa shape index (κ1) is 16.9. The fraction of sp³-hybridized carbons (Fsp3) is 0.111. The van der Waals surface area contributed by atoms with Crippen LogP contribution >= 0.6 is 28.3 Å². The molecule has 0 spiro atoms. The Morgan fingerprint density at radius 1 is 1.12 bits per heavy atom. The van der Waals surface area contributed by atoms with Gasteiger partial charge in [-0.25, -0.2) is 9.97 Å². The van der Waals surface area contributed by atoms with E-state index in [9.17, 15) is 0 Å². The number of aromatic nitrogens is 3. The minimum Gasteiger partial charge on any atom is -0.454 e. The maximum atomic E-state index is 5.41. The molecule has 0 saturated heterocycles. The standard InChI is InChI=1S/C18H14N4O2S.BrH/c1-11-17(22-7-3-2-4-16(22)19-11)13-9-25-18(21-13)20-12-5-6-14-15(8-12)24-10-23-14;/h2-9H,10H2,1H3,(H,20,21);1H. The zero-order chi connectivity index (χ0) is 16.8. The molecule has 4 heterocycles. The second-order valence-corrected chi connectivity index (χ2v) is 6.56. The highest BCUT2D eigenvalue weighted by atomic mass is 79.9. The molecule has 0 atom stereocenters. The van der Waals surface area contributed by atoms with Crippen LogP contribution in [0.25, 0.3) is 17.0 Å². The van der Waals surface area contributed by atoms with Gasteiger partial charge in [0.05, 0.1) is 11.4 Å². The molecule has 1 N–H and O–H groups in total. The Labute approximate surface area is 164 Å². The molecule has 0 unspecified atom stereocenters. The summed E-state index contributed by atoms with van der Waals surface area (Å²) >= 11 is 1.56. The molecule has 1 aliphatic rings. The Hall–Kier alpha value is -2.58. The molecule has 3 aromatic heterocycles. The summed E-state index contributed by atoms with van der Waals surface area (Å²) in [5, 5.41) is 6.18. The van der Waals surface area contributed by atoms with Gasteiger partial charge in [0.2, 0.25) is 6.79 Å². The molecular formula is C18H15BrN4O2S. The van der Waals surface area contributed by atoms with Gasteiger partial charge < -0.3 is 14.8 Å². The predicted octanol–water partition coefficient (Wildman–Crippen LogP) is 4.82. The van der Waals surface area contributed by atoms with Gasteiger partial charge >= 0.3 is 0 Å². The number of fused-ring (bicyclic) bond motifs is 2. The molecule has 0 aliphatic carbocycles. The van der Waals surface area contributed by atoms with E-state index in [1.165, 1.54) is 0 Å². The van der Waals surface area contributed by atoms with E-state index in [1.807, 2.05) is 54.9 Å². The van der Waals surface area contributed by atoms with Crippen LogP contribution in [0.15, 0.2) is 48.0 Å². The van der Waals surface area contributed by atoms with Crippen molar-refractivity contribution in [3.05, 3.63) is 53.7 Å². The minimum absolute atomic E-state index is 0. The summed E-state index contributed by atoms with van der Waals surface area (Å²) in [5.41, 5.74) is 4.73. The largest absolute Gasteiger partial charge is 0.454 e. The lowest BCUT2D eigenvalue weighted by atomic mass is 10.3. The van der Waals surface area contributed by atoms with Crippen molar-refractivity contribution in [3.8, 4) is 22.9 Å². The highest BCUT2D eigenvalue weighted by Crippen LogP contribution is 2.36. The Bertz CT molecular complexity index is 1090. The molecule has 4 aromatic rings. The van der Waals surface area contributed by atoms with E-state index >= 15 is 0 Å². The number of ether oxygens (including phenoxy) is 2. The lowest BCUT2D eigenvalue weighted by molar-refractivity contribution is 0.174. The molecule has 1 aromatic carbocycles. The van der Waals surface area contributed by atoms with Crippen molar-refractivity contribution in [2.75, 3.05) is 12.1 Å². The lowest BCUT2D eigenvalue weighted by Crippen LogP contribution is -1.93. The van der Waals surface area contributed by atoms with Crippen molar-refractivity contribution in [3.63, 3.8) is 0 Å². The number of rotatable bonds is 3. The number of hydrogen-bond acceptors (Lipinski definition) is 6. The fourth-order valence-electron chi connectivity index (χ4n) is 2.96. The van der Waals surface area contributed by atoms with Crippen LogP contribution in [-0.2, 0) is 0 Å². The van der Waals surface area contributed by atoms with E-state index < -0.39 is 0 Å². The normalized spacial score (nSPS) is 12.2. The maximum absolute atomic E-state index is 5.41. The number of imidazole rings is 1. The number of nitrogens with one attached hydrogen (secondary N) is 1. The Balaban J connectivity index is 0.00000168. The molecule has 0 fully saturated rings. The zero-order valence-corrected chi connectivity index (χ0v) is 16.3. The summed E-state index contributed by atoms with van der Waals surface area (Å²) in [6.45, 7) is 2.28. The van der Waals surface area contributed by atoms with Gasteiger partial charge in [0.25, 0.3) is 0 Å². The maximum Gasteiger partial charge on any atom is 0.231 e. The van der Waals surface area contributed by atoms with Gasteiger partial charge in [0.1, 0.15) is 11.3 Å². The summed E-state index contributed by atoms with van der Waals surface area (Å²) in [5.74, 6) is 1.52. The van der Waals surface area contributed by atoms with Crippen LogP contribution in [0.2, 0.25) is 0 Å². The molecule has 0 radical (unpaired) electrons. The number of pyridine rings is 1. The van der Waals surface area contributed by atoms with Crippen molar-refractivity contribution in [2.45, 2.75) is 6.92 Å². The predicted molar refractivity (Wildman–Crippen MR) is 107 cm³/mol. The first-order chi connectivity index (χ1) is 12.3. The second-order valence-electron chi connectivity index (χ2n) is 5.71. The van der Waals surface area contributed by atoms with E-state index in [4.69, 9.17) is 14.5 Å². The smallest absolute Gasteiger partial charge is 0.231 e. The summed E-state index contributed by atoms with van der Waals surface area (Å²) < 4.78 is 12.8. The topological polar surface area (TPSA) is 60.7 Å². The summed E-state index contributed by atoms with van der Waals surface area (Å²) in [6, 6.07) is 11.7. The van der Waals surface area contributed by atoms with Crippen LogP contribution < -0.4 is 14.8 Å². The van der Waals surface area contributed by atoms with Gasteiger partial charge in [-0.2, -0.15) is 0 Å². The number of thiazole rings is 1. The van der Waals surface area contributed by atoms with Crippen LogP contribution in [0.4, 0.5) is 10.8 Å². The van der Waals surface area contributed by atoms with E-state index in [-0.39, 0.29) is 23.8 Å². The number of nitrogens with zero attached hydrogens (tertiary/aromatic N) is 3. The third-order valence-corrected chi connectivity index (χ3v) is 4.83. The Morgan fingerprint density at radius 3 is 2.92 bits per heavy atom. The van der Waals surface area contributed by atoms with Gasteiger partial charge in [-0.1, -0.05) is 6.07 Å². The van der Waals surface area contributed by atoms with E-state index in [1.54, 1.807) is 11.3 Å². The highest BCUT2D eigenvalue weighted by Gasteiger charge is 2.16. The average Bonchev–Trinajstić information content (AvgIpc) is 3.32. The monoisotopic (exact) mass is 430 g/mol. The molecule has 1 aliphatic heterocycles. The first-order valence-electron chi connectivity index (χ1n) is 7.84. The third-order valence-electron chi connectivity index (χ3n) is 4.07. The SMILES string of the molecule is Br.Cc1nc2ccccn2c1-c1csc(Nc2ccc3c(c2)OCO3)n1. The number of benzene rings is 1. The third kappa shape index (κ3) is 2.81. The van der Waals surface area contributed by atoms with Crippen molar-refractivity contribution in [1.29, 1.82) is 0 Å². The highest BCUT2D eigenvalue weighted by molar-refractivity contribution is 8.93. The molecule has 8 heteroatoms. The fourth-order valence-corrected chi connectivity index (χ4v) is 3.68. The summed E-state index contributed by atoms with van der Waals surface area (Å²) in [4.78, 5) is 9.33. The molecule has 0 bridgehead atoms. The van der Waals surface area contributed by atoms with E-state index in [0.717, 1.165) is 45.0 Å². The van der Waals surface area contributed by atoms with Crippen molar-refractivity contribution >= 4 is 44.8 Å². The van der Waals surface area contributed by atoms with Crippen molar-refractivity contribution < 1.29 is 9.47 Å². The average molecular weight is 431 g/mol. The van der Waals surface area contributed by atoms with Crippen LogP contribution in [0, 0.1) is 6.92 Å². The van der Waals surface area contributed by atoms with Gasteiger partial charge in [0.15, 0.2) is 16.6 Å². The van der Waals surface area contributed by atoms with Crippen molar-refractivity contribution in [2.24, 2.45) is 0 Å². The second kappa shape index (κ2) is 6.62. The number of anilines is 2. The minimum atomic E-state index is 0. The van der Waals surface area contributed by atoms with Crippen molar-refractivity contribution in [1.82, 2.24) is 14.4 Å². The number of hydrogen-bond donors (Lipinski definition) is 1. The van der Waals surface area contributed by atoms with Gasteiger partial charge in [-0.3, -0.25) is 4.40 Å². The van der Waals surface area contributed by atoms with Crippen LogP contribution in [0.3, 0.4) is 0 Å². The molecular weight excluding hydrogens is 416 g/mol. The van der Waals surface area contributed by atoms with E-state index in [2.05, 4.69) is 14.7 Å². The first-order valence-corrected chi connectivity index (χ1v) is 8.72. The lowest BCUT2D eigenvalue weighted by Gasteiger charge is -2.04.